The van der Waals surface area contributed by atoms with Crippen molar-refractivity contribution < 1.29 is 0 Å². The van der Waals surface area contributed by atoms with Crippen LogP contribution in [0.4, 0.5) is 0 Å². The quantitative estimate of drug-likeness (QED) is 0.268. The molecule has 0 radical (unpaired) electrons. The molecule has 0 heterocycles. The van der Waals surface area contributed by atoms with Gasteiger partial charge in [0.15, 0.2) is 0 Å². The number of hydrogen-bond donors (Lipinski definition) is 0. The standard InChI is InChI=1S/C34H10N8/c1-41-25(17-39)33-27(19-9-5-3-6-10-19)21(13-35)29-23(15-37)30-22(14-36)28(20-11-7-4-8-12-20)34(26(18-40)42-2)32(30)24(16-38)31(29)33/h3-12H/b33-25-,34-26+. The molecule has 0 N–H and O–H groups in total. The molecule has 0 saturated heterocycles. The average molecular weight is 531 g/mol. The van der Waals surface area contributed by atoms with E-state index in [0.717, 1.165) is 0 Å². The molecular weight excluding hydrogens is 520 g/mol. The third-order valence-electron chi connectivity index (χ3n) is 6.98. The highest BCUT2D eigenvalue weighted by Crippen LogP contribution is 2.58. The zero-order chi connectivity index (χ0) is 30.0. The maximum absolute atomic E-state index is 10.6. The topological polar surface area (TPSA) is 151 Å². The van der Waals surface area contributed by atoms with Crippen molar-refractivity contribution in [3.8, 4) is 36.4 Å². The lowest BCUT2D eigenvalue weighted by atomic mass is 9.83. The van der Waals surface area contributed by atoms with E-state index in [1.165, 1.54) is 0 Å². The summed E-state index contributed by atoms with van der Waals surface area (Å²) in [7, 11) is 0. The van der Waals surface area contributed by atoms with Gasteiger partial charge in [-0.15, -0.1) is 0 Å². The summed E-state index contributed by atoms with van der Waals surface area (Å²) < 4.78 is 0. The van der Waals surface area contributed by atoms with Crippen molar-refractivity contribution in [2.45, 2.75) is 0 Å². The molecule has 5 rings (SSSR count). The van der Waals surface area contributed by atoms with E-state index in [0.29, 0.717) is 11.1 Å². The molecule has 0 atom stereocenters. The normalized spacial score (nSPS) is 14.9. The highest BCUT2D eigenvalue weighted by Gasteiger charge is 2.43. The van der Waals surface area contributed by atoms with Crippen molar-refractivity contribution in [1.29, 1.82) is 31.6 Å². The molecule has 0 aliphatic heterocycles. The molecule has 2 aliphatic carbocycles. The molecule has 0 fully saturated rings. The van der Waals surface area contributed by atoms with Gasteiger partial charge in [-0.2, -0.15) is 21.0 Å². The van der Waals surface area contributed by atoms with Gasteiger partial charge in [0, 0.05) is 33.4 Å². The molecule has 0 aromatic heterocycles. The van der Waals surface area contributed by atoms with E-state index < -0.39 is 11.4 Å². The smallest absolute Gasteiger partial charge is 0.226 e. The van der Waals surface area contributed by atoms with E-state index in [1.807, 2.05) is 12.1 Å². The van der Waals surface area contributed by atoms with Crippen LogP contribution in [0.15, 0.2) is 72.1 Å². The van der Waals surface area contributed by atoms with Crippen LogP contribution in [0.1, 0.15) is 44.5 Å². The Labute approximate surface area is 240 Å². The molecule has 42 heavy (non-hydrogen) atoms. The largest absolute Gasteiger partial charge is 0.270 e. The molecule has 186 valence electrons. The Kier molecular flexibility index (Phi) is 6.45. The number of benzene rings is 3. The molecule has 0 spiro atoms. The van der Waals surface area contributed by atoms with Crippen molar-refractivity contribution >= 4 is 33.4 Å². The summed E-state index contributed by atoms with van der Waals surface area (Å²) in [4.78, 5) is 6.79. The SMILES string of the molecule is [C-]#[N+]/C(C#N)=C1\C(c2ccccc2)=C(C#N)c2c(C#N)c3c(c(C#N)c21)/C(=C(/C#N)[N+]#[C-])C(c1ccccc1)=C3C#N. The Bertz CT molecular complexity index is 2060. The highest BCUT2D eigenvalue weighted by molar-refractivity contribution is 6.31. The second-order valence-corrected chi connectivity index (χ2v) is 8.82. The average Bonchev–Trinajstić information content (AvgIpc) is 3.56. The molecule has 3 aromatic rings. The van der Waals surface area contributed by atoms with Crippen molar-refractivity contribution in [3.63, 3.8) is 0 Å². The molecule has 0 unspecified atom stereocenters. The van der Waals surface area contributed by atoms with Gasteiger partial charge in [-0.05, 0) is 22.3 Å². The molecular formula is C34H10N8. The second kappa shape index (κ2) is 10.4. The Morgan fingerprint density at radius 3 is 1.14 bits per heavy atom. The van der Waals surface area contributed by atoms with Gasteiger partial charge in [-0.25, -0.2) is 20.2 Å². The van der Waals surface area contributed by atoms with Gasteiger partial charge in [0.1, 0.15) is 24.3 Å². The van der Waals surface area contributed by atoms with Crippen LogP contribution >= 0.6 is 0 Å². The van der Waals surface area contributed by atoms with Gasteiger partial charge >= 0.3 is 0 Å². The summed E-state index contributed by atoms with van der Waals surface area (Å²) in [6.45, 7) is 15.5. The van der Waals surface area contributed by atoms with Crippen LogP contribution in [-0.2, 0) is 0 Å². The minimum atomic E-state index is -0.411. The predicted molar refractivity (Wildman–Crippen MR) is 152 cm³/mol. The van der Waals surface area contributed by atoms with Crippen LogP contribution in [0.3, 0.4) is 0 Å². The highest BCUT2D eigenvalue weighted by atomic mass is 14.7. The second-order valence-electron chi connectivity index (χ2n) is 8.82. The van der Waals surface area contributed by atoms with Crippen LogP contribution in [0.2, 0.25) is 0 Å². The van der Waals surface area contributed by atoms with Crippen molar-refractivity contribution in [2.24, 2.45) is 0 Å². The fraction of sp³-hybridized carbons (Fsp3) is 0. The van der Waals surface area contributed by atoms with Crippen LogP contribution in [0.5, 0.6) is 0 Å². The van der Waals surface area contributed by atoms with E-state index in [2.05, 4.69) is 34.0 Å². The number of rotatable bonds is 2. The summed E-state index contributed by atoms with van der Waals surface area (Å²) in [5.74, 6) is 0. The van der Waals surface area contributed by atoms with E-state index in [9.17, 15) is 31.6 Å². The van der Waals surface area contributed by atoms with Crippen molar-refractivity contribution in [1.82, 2.24) is 0 Å². The molecule has 0 bridgehead atoms. The van der Waals surface area contributed by atoms with Crippen LogP contribution < -0.4 is 0 Å². The van der Waals surface area contributed by atoms with Gasteiger partial charge in [0.25, 0.3) is 11.4 Å². The first-order valence-electron chi connectivity index (χ1n) is 12.1. The lowest BCUT2D eigenvalue weighted by Gasteiger charge is -2.16. The Balaban J connectivity index is 2.14. The van der Waals surface area contributed by atoms with E-state index >= 15 is 0 Å². The number of allylic oxidation sites excluding steroid dienone is 8. The van der Waals surface area contributed by atoms with Crippen LogP contribution in [0.25, 0.3) is 43.1 Å². The maximum Gasteiger partial charge on any atom is 0.270 e. The number of nitrogens with zero attached hydrogens (tertiary/aromatic N) is 8. The Hall–Kier alpha value is -7.46. The van der Waals surface area contributed by atoms with E-state index in [-0.39, 0.29) is 66.8 Å². The van der Waals surface area contributed by atoms with Crippen molar-refractivity contribution in [2.75, 3.05) is 0 Å². The van der Waals surface area contributed by atoms with Gasteiger partial charge in [-0.1, -0.05) is 60.7 Å². The molecule has 8 nitrogen and oxygen atoms in total. The molecule has 3 aromatic carbocycles. The number of nitriles is 6. The summed E-state index contributed by atoms with van der Waals surface area (Å²) in [6, 6.07) is 29.2. The fourth-order valence-electron chi connectivity index (χ4n) is 5.48. The van der Waals surface area contributed by atoms with Crippen LogP contribution in [-0.4, -0.2) is 0 Å². The Morgan fingerprint density at radius 1 is 0.500 bits per heavy atom. The Morgan fingerprint density at radius 2 is 0.857 bits per heavy atom. The van der Waals surface area contributed by atoms with Crippen molar-refractivity contribution in [3.05, 3.63) is 139 Å². The van der Waals surface area contributed by atoms with E-state index in [1.54, 1.807) is 60.7 Å². The predicted octanol–water partition coefficient (Wildman–Crippen LogP) is 6.63. The summed E-state index contributed by atoms with van der Waals surface area (Å²) in [6.07, 6.45) is 0. The molecule has 2 aliphatic rings. The number of hydrogen-bond acceptors (Lipinski definition) is 6. The first-order valence-corrected chi connectivity index (χ1v) is 12.1. The first kappa shape index (κ1) is 26.2. The number of fused-ring (bicyclic) bond motifs is 2. The lowest BCUT2D eigenvalue weighted by molar-refractivity contribution is 1.37. The van der Waals surface area contributed by atoms with Gasteiger partial charge in [0.05, 0.1) is 47.6 Å². The minimum absolute atomic E-state index is 0.00197. The van der Waals surface area contributed by atoms with Crippen LogP contribution in [0, 0.1) is 81.1 Å². The minimum Gasteiger partial charge on any atom is -0.226 e. The third-order valence-corrected chi connectivity index (χ3v) is 6.98. The summed E-state index contributed by atoms with van der Waals surface area (Å²) >= 11 is 0. The zero-order valence-electron chi connectivity index (χ0n) is 21.4. The lowest BCUT2D eigenvalue weighted by Crippen LogP contribution is -2.04. The molecule has 8 heteroatoms. The third kappa shape index (κ3) is 3.47. The van der Waals surface area contributed by atoms with Gasteiger partial charge in [0.2, 0.25) is 0 Å². The van der Waals surface area contributed by atoms with E-state index in [4.69, 9.17) is 13.1 Å². The van der Waals surface area contributed by atoms with Gasteiger partial charge in [-0.3, -0.25) is 0 Å². The van der Waals surface area contributed by atoms with Gasteiger partial charge < -0.3 is 0 Å². The zero-order valence-corrected chi connectivity index (χ0v) is 21.4. The maximum atomic E-state index is 10.6. The molecule has 0 amide bonds. The summed E-state index contributed by atoms with van der Waals surface area (Å²) in [5.41, 5.74) is 0.160. The fourth-order valence-corrected chi connectivity index (χ4v) is 5.48. The molecule has 0 saturated carbocycles. The summed E-state index contributed by atoms with van der Waals surface area (Å²) in [5, 5.41) is 62.1. The monoisotopic (exact) mass is 530 g/mol. The first-order chi connectivity index (χ1) is 20.6.